The molecule has 4 rings (SSSR count). The molecular formula is C29H32N4O4. The van der Waals surface area contributed by atoms with Gasteiger partial charge in [0.2, 0.25) is 5.82 Å². The Labute approximate surface area is 217 Å². The van der Waals surface area contributed by atoms with Crippen LogP contribution in [0.3, 0.4) is 0 Å². The van der Waals surface area contributed by atoms with Crippen molar-refractivity contribution in [1.29, 1.82) is 0 Å². The number of methoxy groups -OCH3 is 2. The second-order valence-corrected chi connectivity index (χ2v) is 9.26. The molecule has 0 spiro atoms. The number of para-hydroxylation sites is 1. The van der Waals surface area contributed by atoms with Crippen molar-refractivity contribution in [3.05, 3.63) is 94.0 Å². The van der Waals surface area contributed by atoms with Crippen LogP contribution in [0.15, 0.2) is 72.8 Å². The van der Waals surface area contributed by atoms with E-state index in [1.54, 1.807) is 14.2 Å². The molecule has 1 aromatic heterocycles. The predicted molar refractivity (Wildman–Crippen MR) is 148 cm³/mol. The number of aromatic nitrogens is 1. The number of benzene rings is 3. The van der Waals surface area contributed by atoms with E-state index in [1.165, 1.54) is 0 Å². The van der Waals surface area contributed by atoms with E-state index in [0.29, 0.717) is 42.6 Å². The third-order valence-corrected chi connectivity index (χ3v) is 6.08. The minimum absolute atomic E-state index is 0.0265. The van der Waals surface area contributed by atoms with Gasteiger partial charge < -0.3 is 19.7 Å². The molecule has 1 N–H and O–H groups in total. The number of ether oxygens (including phenoxy) is 2. The van der Waals surface area contributed by atoms with Crippen LogP contribution in [0.5, 0.6) is 11.5 Å². The summed E-state index contributed by atoms with van der Waals surface area (Å²) in [6.45, 7) is 5.59. The van der Waals surface area contributed by atoms with Gasteiger partial charge in [-0.25, -0.2) is 4.98 Å². The molecule has 0 aliphatic rings. The van der Waals surface area contributed by atoms with E-state index in [9.17, 15) is 10.1 Å². The first-order valence-electron chi connectivity index (χ1n) is 12.2. The fraction of sp³-hybridized carbons (Fsp3) is 0.276. The molecule has 0 unspecified atom stereocenters. The normalized spacial score (nSPS) is 10.9. The van der Waals surface area contributed by atoms with Crippen molar-refractivity contribution in [1.82, 2.24) is 4.98 Å². The van der Waals surface area contributed by atoms with E-state index in [4.69, 9.17) is 14.5 Å². The lowest BCUT2D eigenvalue weighted by Crippen LogP contribution is -2.25. The monoisotopic (exact) mass is 500 g/mol. The molecule has 192 valence electrons. The van der Waals surface area contributed by atoms with Crippen molar-refractivity contribution in [2.24, 2.45) is 5.92 Å². The number of rotatable bonds is 11. The molecule has 0 atom stereocenters. The standard InChI is InChI=1S/C29H32N4O4/c1-20(2)17-30-27-25-7-5-6-8-26(25)31-29(28(27)33(34)35)32(18-21-9-13-23(36-3)14-10-21)19-22-11-15-24(37-4)16-12-22/h5-16,20H,17-19H2,1-4H3,(H,30,31). The third kappa shape index (κ3) is 6.09. The molecule has 0 bridgehead atoms. The third-order valence-electron chi connectivity index (χ3n) is 6.08. The van der Waals surface area contributed by atoms with Crippen LogP contribution in [0.25, 0.3) is 10.9 Å². The van der Waals surface area contributed by atoms with Crippen LogP contribution in [0.4, 0.5) is 17.2 Å². The van der Waals surface area contributed by atoms with Crippen LogP contribution in [0.2, 0.25) is 0 Å². The Kier molecular flexibility index (Phi) is 8.08. The van der Waals surface area contributed by atoms with Crippen LogP contribution in [-0.2, 0) is 13.1 Å². The molecule has 0 aliphatic heterocycles. The van der Waals surface area contributed by atoms with Gasteiger partial charge >= 0.3 is 5.69 Å². The highest BCUT2D eigenvalue weighted by atomic mass is 16.6. The molecular weight excluding hydrogens is 468 g/mol. The van der Waals surface area contributed by atoms with Gasteiger partial charge in [0.25, 0.3) is 0 Å². The SMILES string of the molecule is COc1ccc(CN(Cc2ccc(OC)cc2)c2nc3ccccc3c(NCC(C)C)c2[N+](=O)[O-])cc1. The maximum absolute atomic E-state index is 12.6. The molecule has 4 aromatic rings. The molecule has 8 nitrogen and oxygen atoms in total. The zero-order valence-corrected chi connectivity index (χ0v) is 21.6. The molecule has 0 saturated carbocycles. The molecule has 8 heteroatoms. The summed E-state index contributed by atoms with van der Waals surface area (Å²) in [5.74, 6) is 2.13. The number of anilines is 2. The Bertz CT molecular complexity index is 1310. The first-order valence-corrected chi connectivity index (χ1v) is 12.2. The van der Waals surface area contributed by atoms with Crippen LogP contribution in [0.1, 0.15) is 25.0 Å². The lowest BCUT2D eigenvalue weighted by Gasteiger charge is -2.26. The maximum atomic E-state index is 12.6. The zero-order chi connectivity index (χ0) is 26.4. The van der Waals surface area contributed by atoms with Gasteiger partial charge in [0.05, 0.1) is 24.7 Å². The van der Waals surface area contributed by atoms with Crippen molar-refractivity contribution < 1.29 is 14.4 Å². The number of nitrogens with one attached hydrogen (secondary N) is 1. The van der Waals surface area contributed by atoms with Crippen LogP contribution >= 0.6 is 0 Å². The molecule has 1 heterocycles. The van der Waals surface area contributed by atoms with Gasteiger partial charge in [-0.15, -0.1) is 0 Å². The van der Waals surface area contributed by atoms with Crippen molar-refractivity contribution in [2.75, 3.05) is 31.0 Å². The maximum Gasteiger partial charge on any atom is 0.335 e. The van der Waals surface area contributed by atoms with Crippen LogP contribution in [0, 0.1) is 16.0 Å². The number of hydrogen-bond donors (Lipinski definition) is 1. The fourth-order valence-electron chi connectivity index (χ4n) is 4.18. The second kappa shape index (κ2) is 11.6. The first kappa shape index (κ1) is 25.8. The Balaban J connectivity index is 1.86. The summed E-state index contributed by atoms with van der Waals surface area (Å²) >= 11 is 0. The summed E-state index contributed by atoms with van der Waals surface area (Å²) in [7, 11) is 3.25. The van der Waals surface area contributed by atoms with Crippen LogP contribution in [-0.4, -0.2) is 30.7 Å². The van der Waals surface area contributed by atoms with Gasteiger partial charge in [0.1, 0.15) is 17.2 Å². The van der Waals surface area contributed by atoms with Crippen LogP contribution < -0.4 is 19.7 Å². The number of fused-ring (bicyclic) bond motifs is 1. The summed E-state index contributed by atoms with van der Waals surface area (Å²) in [4.78, 5) is 19.0. The lowest BCUT2D eigenvalue weighted by atomic mass is 10.1. The quantitative estimate of drug-likeness (QED) is 0.187. The summed E-state index contributed by atoms with van der Waals surface area (Å²) in [5, 5.41) is 16.7. The fourth-order valence-corrected chi connectivity index (χ4v) is 4.18. The van der Waals surface area contributed by atoms with Crippen molar-refractivity contribution in [2.45, 2.75) is 26.9 Å². The summed E-state index contributed by atoms with van der Waals surface area (Å²) in [6, 6.07) is 22.9. The van der Waals surface area contributed by atoms with E-state index in [0.717, 1.165) is 28.0 Å². The Hall–Kier alpha value is -4.33. The van der Waals surface area contributed by atoms with E-state index in [2.05, 4.69) is 19.2 Å². The molecule has 3 aromatic carbocycles. The first-order chi connectivity index (χ1) is 17.9. The zero-order valence-electron chi connectivity index (χ0n) is 21.6. The predicted octanol–water partition coefficient (Wildman–Crippen LogP) is 6.43. The summed E-state index contributed by atoms with van der Waals surface area (Å²) in [5.41, 5.74) is 3.13. The van der Waals surface area contributed by atoms with E-state index in [-0.39, 0.29) is 10.6 Å². The molecule has 37 heavy (non-hydrogen) atoms. The number of hydrogen-bond acceptors (Lipinski definition) is 7. The molecule has 0 aliphatic carbocycles. The number of pyridine rings is 1. The summed E-state index contributed by atoms with van der Waals surface area (Å²) < 4.78 is 10.6. The molecule has 0 fully saturated rings. The highest BCUT2D eigenvalue weighted by molar-refractivity contribution is 5.99. The molecule has 0 radical (unpaired) electrons. The van der Waals surface area contributed by atoms with Gasteiger partial charge in [0.15, 0.2) is 0 Å². The van der Waals surface area contributed by atoms with Gasteiger partial charge in [-0.3, -0.25) is 10.1 Å². The minimum Gasteiger partial charge on any atom is -0.497 e. The van der Waals surface area contributed by atoms with Gasteiger partial charge in [-0.2, -0.15) is 0 Å². The topological polar surface area (TPSA) is 89.8 Å². The van der Waals surface area contributed by atoms with Crippen molar-refractivity contribution in [3.63, 3.8) is 0 Å². The Morgan fingerprint density at radius 3 is 1.92 bits per heavy atom. The van der Waals surface area contributed by atoms with Crippen molar-refractivity contribution >= 4 is 28.1 Å². The Morgan fingerprint density at radius 2 is 1.43 bits per heavy atom. The van der Waals surface area contributed by atoms with E-state index >= 15 is 0 Å². The minimum atomic E-state index is -0.327. The van der Waals surface area contributed by atoms with Crippen molar-refractivity contribution in [3.8, 4) is 11.5 Å². The molecule has 0 amide bonds. The smallest absolute Gasteiger partial charge is 0.335 e. The number of nitro groups is 1. The van der Waals surface area contributed by atoms with E-state index in [1.807, 2.05) is 77.7 Å². The average Bonchev–Trinajstić information content (AvgIpc) is 2.91. The Morgan fingerprint density at radius 1 is 0.892 bits per heavy atom. The highest BCUT2D eigenvalue weighted by Crippen LogP contribution is 2.40. The highest BCUT2D eigenvalue weighted by Gasteiger charge is 2.29. The largest absolute Gasteiger partial charge is 0.497 e. The van der Waals surface area contributed by atoms with Gasteiger partial charge in [-0.05, 0) is 47.4 Å². The van der Waals surface area contributed by atoms with Gasteiger partial charge in [-0.1, -0.05) is 56.3 Å². The average molecular weight is 501 g/mol. The second-order valence-electron chi connectivity index (χ2n) is 9.26. The lowest BCUT2D eigenvalue weighted by molar-refractivity contribution is -0.383. The molecule has 0 saturated heterocycles. The summed E-state index contributed by atoms with van der Waals surface area (Å²) in [6.07, 6.45) is 0. The number of nitrogens with zero attached hydrogens (tertiary/aromatic N) is 3. The van der Waals surface area contributed by atoms with E-state index < -0.39 is 0 Å². The van der Waals surface area contributed by atoms with Gasteiger partial charge in [0, 0.05) is 25.0 Å².